The van der Waals surface area contributed by atoms with Crippen LogP contribution < -0.4 is 11.1 Å². The van der Waals surface area contributed by atoms with Gasteiger partial charge in [-0.2, -0.15) is 0 Å². The smallest absolute Gasteiger partial charge is 0.241 e. The fraction of sp³-hybridized carbons (Fsp3) is 0.429. The molecule has 94 valence electrons. The number of nitrogens with zero attached hydrogens (tertiary/aromatic N) is 2. The van der Waals surface area contributed by atoms with Crippen LogP contribution in [0.1, 0.15) is 5.01 Å². The van der Waals surface area contributed by atoms with Crippen LogP contribution >= 0.6 is 23.6 Å². The fourth-order valence-electron chi connectivity index (χ4n) is 0.970. The lowest BCUT2D eigenvalue weighted by Crippen LogP contribution is -2.29. The molecule has 0 unspecified atom stereocenters. The van der Waals surface area contributed by atoms with E-state index in [1.54, 1.807) is 6.92 Å². The topological polar surface area (TPSA) is 115 Å². The van der Waals surface area contributed by atoms with Crippen molar-refractivity contribution in [1.29, 1.82) is 0 Å². The Kier molecular flexibility index (Phi) is 4.48. The molecule has 0 saturated heterocycles. The van der Waals surface area contributed by atoms with Gasteiger partial charge in [0.2, 0.25) is 11.0 Å². The predicted molar refractivity (Wildman–Crippen MR) is 68.7 cm³/mol. The summed E-state index contributed by atoms with van der Waals surface area (Å²) in [5.41, 5.74) is 5.11. The van der Waals surface area contributed by atoms with Crippen LogP contribution in [0, 0.1) is 6.92 Å². The molecule has 0 bridgehead atoms. The van der Waals surface area contributed by atoms with Crippen molar-refractivity contribution < 1.29 is 13.2 Å². The average Bonchev–Trinajstić information content (AvgIpc) is 2.46. The molecule has 0 spiro atoms. The molecule has 0 aromatic carbocycles. The van der Waals surface area contributed by atoms with Crippen LogP contribution in [0.25, 0.3) is 0 Å². The van der Waals surface area contributed by atoms with Crippen LogP contribution in [0.3, 0.4) is 0 Å². The summed E-state index contributed by atoms with van der Waals surface area (Å²) in [7, 11) is -3.62. The van der Waals surface area contributed by atoms with Crippen LogP contribution in [0.15, 0.2) is 0 Å². The summed E-state index contributed by atoms with van der Waals surface area (Å²) in [6, 6.07) is 0. The van der Waals surface area contributed by atoms with Gasteiger partial charge in [0.15, 0.2) is 9.84 Å². The molecule has 17 heavy (non-hydrogen) atoms. The lowest BCUT2D eigenvalue weighted by atomic mass is 10.7. The zero-order chi connectivity index (χ0) is 13.1. The molecule has 1 heterocycles. The van der Waals surface area contributed by atoms with Gasteiger partial charge in [-0.1, -0.05) is 23.6 Å². The first-order valence-corrected chi connectivity index (χ1v) is 7.42. The van der Waals surface area contributed by atoms with E-state index >= 15 is 0 Å². The second kappa shape index (κ2) is 5.47. The molecule has 1 aromatic rings. The molecule has 0 radical (unpaired) electrons. The maximum Gasteiger partial charge on any atom is 0.241 e. The van der Waals surface area contributed by atoms with Crippen LogP contribution in [-0.4, -0.2) is 41.0 Å². The molecule has 0 aliphatic heterocycles. The summed E-state index contributed by atoms with van der Waals surface area (Å²) in [6.07, 6.45) is 0. The quantitative estimate of drug-likeness (QED) is 0.702. The van der Waals surface area contributed by atoms with E-state index in [0.29, 0.717) is 5.01 Å². The number of aromatic nitrogens is 2. The number of anilines is 1. The van der Waals surface area contributed by atoms with E-state index in [4.69, 9.17) is 5.73 Å². The van der Waals surface area contributed by atoms with Crippen molar-refractivity contribution in [2.45, 2.75) is 6.92 Å². The summed E-state index contributed by atoms with van der Waals surface area (Å²) in [5.74, 6) is -1.84. The number of sulfone groups is 1. The van der Waals surface area contributed by atoms with E-state index in [1.807, 2.05) is 0 Å². The minimum absolute atomic E-state index is 0.162. The standard InChI is InChI=1S/C7H10N4O3S3/c1-4-10-11-7(16-4)9-6(12)3-17(13,14)2-5(8)15/h2-3H2,1H3,(H2,8,15)(H,9,11,12). The summed E-state index contributed by atoms with van der Waals surface area (Å²) < 4.78 is 22.8. The molecule has 1 amide bonds. The van der Waals surface area contributed by atoms with Crippen molar-refractivity contribution in [2.24, 2.45) is 5.73 Å². The number of thiocarbonyl (C=S) groups is 1. The average molecular weight is 294 g/mol. The van der Waals surface area contributed by atoms with Gasteiger partial charge in [0.05, 0.1) is 4.99 Å². The Hall–Kier alpha value is -1.13. The molecule has 0 atom stereocenters. The van der Waals surface area contributed by atoms with E-state index in [9.17, 15) is 13.2 Å². The highest BCUT2D eigenvalue weighted by atomic mass is 32.2. The Labute approximate surface area is 107 Å². The van der Waals surface area contributed by atoms with Crippen molar-refractivity contribution in [2.75, 3.05) is 16.8 Å². The summed E-state index contributed by atoms with van der Waals surface area (Å²) >= 11 is 5.63. The molecule has 3 N–H and O–H groups in total. The summed E-state index contributed by atoms with van der Waals surface area (Å²) in [5, 5.41) is 10.6. The van der Waals surface area contributed by atoms with Crippen molar-refractivity contribution in [1.82, 2.24) is 10.2 Å². The molecular formula is C7H10N4O3S3. The number of hydrogen-bond donors (Lipinski definition) is 2. The van der Waals surface area contributed by atoms with E-state index in [0.717, 1.165) is 11.3 Å². The zero-order valence-electron chi connectivity index (χ0n) is 8.84. The largest absolute Gasteiger partial charge is 0.392 e. The highest BCUT2D eigenvalue weighted by molar-refractivity contribution is 7.94. The van der Waals surface area contributed by atoms with Gasteiger partial charge in [-0.25, -0.2) is 8.42 Å². The summed E-state index contributed by atoms with van der Waals surface area (Å²) in [6.45, 7) is 1.72. The maximum absolute atomic E-state index is 11.4. The third-order valence-electron chi connectivity index (χ3n) is 1.49. The normalized spacial score (nSPS) is 11.1. The first-order chi connectivity index (χ1) is 7.78. The third-order valence-corrected chi connectivity index (χ3v) is 4.02. The van der Waals surface area contributed by atoms with Crippen molar-refractivity contribution in [3.05, 3.63) is 5.01 Å². The van der Waals surface area contributed by atoms with Crippen LogP contribution in [-0.2, 0) is 14.6 Å². The van der Waals surface area contributed by atoms with Gasteiger partial charge in [0.25, 0.3) is 0 Å². The SMILES string of the molecule is Cc1nnc(NC(=O)CS(=O)(=O)CC(N)=S)s1. The van der Waals surface area contributed by atoms with Crippen LogP contribution in [0.5, 0.6) is 0 Å². The molecule has 1 rings (SSSR count). The van der Waals surface area contributed by atoms with Crippen molar-refractivity contribution in [3.63, 3.8) is 0 Å². The Morgan fingerprint density at radius 1 is 1.47 bits per heavy atom. The minimum atomic E-state index is -3.62. The Bertz CT molecular complexity index is 536. The monoisotopic (exact) mass is 294 g/mol. The number of nitrogens with one attached hydrogen (secondary N) is 1. The van der Waals surface area contributed by atoms with Gasteiger partial charge >= 0.3 is 0 Å². The van der Waals surface area contributed by atoms with Crippen molar-refractivity contribution >= 4 is 49.4 Å². The number of amides is 1. The Morgan fingerprint density at radius 2 is 2.12 bits per heavy atom. The highest BCUT2D eigenvalue weighted by Gasteiger charge is 2.18. The van der Waals surface area contributed by atoms with E-state index in [-0.39, 0.29) is 10.1 Å². The Balaban J connectivity index is 2.58. The Morgan fingerprint density at radius 3 is 2.59 bits per heavy atom. The third kappa shape index (κ3) is 5.15. The lowest BCUT2D eigenvalue weighted by Gasteiger charge is -2.02. The van der Waals surface area contributed by atoms with Gasteiger partial charge in [0.1, 0.15) is 16.5 Å². The van der Waals surface area contributed by atoms with Crippen molar-refractivity contribution in [3.8, 4) is 0 Å². The molecular weight excluding hydrogens is 284 g/mol. The zero-order valence-corrected chi connectivity index (χ0v) is 11.3. The number of hydrogen-bond acceptors (Lipinski definition) is 7. The van der Waals surface area contributed by atoms with Crippen LogP contribution in [0.4, 0.5) is 5.13 Å². The summed E-state index contributed by atoms with van der Waals surface area (Å²) in [4.78, 5) is 11.2. The molecule has 7 nitrogen and oxygen atoms in total. The number of carbonyl (C=O) groups is 1. The molecule has 0 aliphatic carbocycles. The van der Waals surface area contributed by atoms with E-state index < -0.39 is 27.3 Å². The van der Waals surface area contributed by atoms with Gasteiger partial charge in [-0.05, 0) is 6.92 Å². The van der Waals surface area contributed by atoms with Gasteiger partial charge in [0, 0.05) is 0 Å². The van der Waals surface area contributed by atoms with E-state index in [1.165, 1.54) is 0 Å². The molecule has 1 aromatic heterocycles. The number of rotatable bonds is 5. The van der Waals surface area contributed by atoms with Gasteiger partial charge in [-0.15, -0.1) is 10.2 Å². The fourth-order valence-corrected chi connectivity index (χ4v) is 3.12. The second-order valence-electron chi connectivity index (χ2n) is 3.17. The molecule has 0 aliphatic rings. The van der Waals surface area contributed by atoms with Gasteiger partial charge in [-0.3, -0.25) is 10.1 Å². The predicted octanol–water partition coefficient (Wildman–Crippen LogP) is -0.514. The number of aryl methyl sites for hydroxylation is 1. The molecule has 0 fully saturated rings. The molecule has 0 saturated carbocycles. The van der Waals surface area contributed by atoms with E-state index in [2.05, 4.69) is 27.7 Å². The lowest BCUT2D eigenvalue weighted by molar-refractivity contribution is -0.113. The number of nitrogens with two attached hydrogens (primary N) is 1. The second-order valence-corrected chi connectivity index (χ2v) is 6.94. The van der Waals surface area contributed by atoms with Crippen LogP contribution in [0.2, 0.25) is 0 Å². The number of carbonyl (C=O) groups excluding carboxylic acids is 1. The maximum atomic E-state index is 11.4. The van der Waals surface area contributed by atoms with Gasteiger partial charge < -0.3 is 5.73 Å². The highest BCUT2D eigenvalue weighted by Crippen LogP contribution is 2.13. The molecule has 10 heteroatoms. The minimum Gasteiger partial charge on any atom is -0.392 e. The first-order valence-electron chi connectivity index (χ1n) is 4.37. The first kappa shape index (κ1) is 13.9.